The van der Waals surface area contributed by atoms with Crippen molar-refractivity contribution in [3.05, 3.63) is 64.7 Å². The van der Waals surface area contributed by atoms with Crippen molar-refractivity contribution in [2.45, 2.75) is 12.5 Å². The standard InChI is InChI=1S/C15H13BrN4O/c16-12-7-11(8-18-9-12)14-19-15(21-20-14)13(17)6-10-4-2-1-3-5-10/h1-5,7-9,13H,6,17H2/t13-/m0/s1. The van der Waals surface area contributed by atoms with E-state index < -0.39 is 0 Å². The molecule has 2 heterocycles. The number of pyridine rings is 1. The highest BCUT2D eigenvalue weighted by molar-refractivity contribution is 9.10. The molecule has 106 valence electrons. The zero-order valence-corrected chi connectivity index (χ0v) is 12.7. The van der Waals surface area contributed by atoms with E-state index in [0.717, 1.165) is 15.6 Å². The minimum absolute atomic E-state index is 0.325. The van der Waals surface area contributed by atoms with Crippen LogP contribution in [0.5, 0.6) is 0 Å². The SMILES string of the molecule is N[C@@H](Cc1ccccc1)c1nc(-c2cncc(Br)c2)no1. The summed E-state index contributed by atoms with van der Waals surface area (Å²) in [4.78, 5) is 8.44. The van der Waals surface area contributed by atoms with Gasteiger partial charge in [-0.1, -0.05) is 35.5 Å². The third-order valence-electron chi connectivity index (χ3n) is 3.02. The first kappa shape index (κ1) is 13.9. The Morgan fingerprint density at radius 3 is 2.76 bits per heavy atom. The van der Waals surface area contributed by atoms with Gasteiger partial charge in [-0.05, 0) is 34.0 Å². The Morgan fingerprint density at radius 1 is 1.19 bits per heavy atom. The van der Waals surface area contributed by atoms with Crippen molar-refractivity contribution < 1.29 is 4.52 Å². The van der Waals surface area contributed by atoms with Gasteiger partial charge in [0.1, 0.15) is 0 Å². The van der Waals surface area contributed by atoms with Crippen LogP contribution in [0.25, 0.3) is 11.4 Å². The van der Waals surface area contributed by atoms with Gasteiger partial charge >= 0.3 is 0 Å². The van der Waals surface area contributed by atoms with E-state index in [1.807, 2.05) is 36.4 Å². The smallest absolute Gasteiger partial charge is 0.244 e. The second kappa shape index (κ2) is 6.15. The molecule has 0 unspecified atom stereocenters. The molecule has 2 N–H and O–H groups in total. The maximum Gasteiger partial charge on any atom is 0.244 e. The summed E-state index contributed by atoms with van der Waals surface area (Å²) in [6.07, 6.45) is 4.03. The van der Waals surface area contributed by atoms with E-state index in [4.69, 9.17) is 10.3 Å². The summed E-state index contributed by atoms with van der Waals surface area (Å²) in [6.45, 7) is 0. The second-order valence-electron chi connectivity index (χ2n) is 4.64. The average molecular weight is 345 g/mol. The van der Waals surface area contributed by atoms with Gasteiger partial charge in [-0.25, -0.2) is 0 Å². The fourth-order valence-electron chi connectivity index (χ4n) is 1.99. The molecule has 0 bridgehead atoms. The van der Waals surface area contributed by atoms with Gasteiger partial charge in [-0.2, -0.15) is 4.98 Å². The minimum Gasteiger partial charge on any atom is -0.337 e. The van der Waals surface area contributed by atoms with Crippen LogP contribution in [0.1, 0.15) is 17.5 Å². The van der Waals surface area contributed by atoms with Crippen LogP contribution in [0.3, 0.4) is 0 Å². The molecule has 3 rings (SSSR count). The highest BCUT2D eigenvalue weighted by atomic mass is 79.9. The van der Waals surface area contributed by atoms with Gasteiger partial charge in [0.2, 0.25) is 11.7 Å². The summed E-state index contributed by atoms with van der Waals surface area (Å²) in [5.74, 6) is 0.913. The molecule has 5 nitrogen and oxygen atoms in total. The lowest BCUT2D eigenvalue weighted by Crippen LogP contribution is -2.13. The molecule has 1 atom stereocenters. The summed E-state index contributed by atoms with van der Waals surface area (Å²) < 4.78 is 6.12. The van der Waals surface area contributed by atoms with Crippen molar-refractivity contribution in [1.29, 1.82) is 0 Å². The molecule has 21 heavy (non-hydrogen) atoms. The average Bonchev–Trinajstić information content (AvgIpc) is 2.98. The van der Waals surface area contributed by atoms with Gasteiger partial charge in [-0.15, -0.1) is 0 Å². The Bertz CT molecular complexity index is 729. The van der Waals surface area contributed by atoms with E-state index in [1.165, 1.54) is 0 Å². The summed E-state index contributed by atoms with van der Waals surface area (Å²) in [6, 6.07) is 11.5. The zero-order valence-electron chi connectivity index (χ0n) is 11.1. The van der Waals surface area contributed by atoms with Crippen molar-refractivity contribution in [3.63, 3.8) is 0 Å². The molecule has 0 fully saturated rings. The highest BCUT2D eigenvalue weighted by Gasteiger charge is 2.16. The summed E-state index contributed by atoms with van der Waals surface area (Å²) in [5.41, 5.74) is 8.04. The van der Waals surface area contributed by atoms with Crippen LogP contribution in [0.15, 0.2) is 57.8 Å². The maximum absolute atomic E-state index is 6.13. The fourth-order valence-corrected chi connectivity index (χ4v) is 2.36. The molecule has 0 aliphatic heterocycles. The van der Waals surface area contributed by atoms with E-state index in [1.54, 1.807) is 12.4 Å². The topological polar surface area (TPSA) is 77.8 Å². The maximum atomic E-state index is 6.13. The fraction of sp³-hybridized carbons (Fsp3) is 0.133. The van der Waals surface area contributed by atoms with E-state index in [-0.39, 0.29) is 6.04 Å². The summed E-state index contributed by atoms with van der Waals surface area (Å²) in [7, 11) is 0. The number of halogens is 1. The number of aromatic nitrogens is 3. The molecule has 0 radical (unpaired) electrons. The van der Waals surface area contributed by atoms with Gasteiger partial charge in [0.15, 0.2) is 0 Å². The zero-order chi connectivity index (χ0) is 14.7. The lowest BCUT2D eigenvalue weighted by molar-refractivity contribution is 0.354. The Morgan fingerprint density at radius 2 is 2.00 bits per heavy atom. The number of rotatable bonds is 4. The molecule has 6 heteroatoms. The van der Waals surface area contributed by atoms with Gasteiger partial charge in [0.25, 0.3) is 0 Å². The lowest BCUT2D eigenvalue weighted by Gasteiger charge is -2.05. The van der Waals surface area contributed by atoms with Crippen LogP contribution in [-0.4, -0.2) is 15.1 Å². The van der Waals surface area contributed by atoms with Gasteiger partial charge < -0.3 is 10.3 Å². The lowest BCUT2D eigenvalue weighted by atomic mass is 10.1. The van der Waals surface area contributed by atoms with E-state index in [2.05, 4.69) is 31.1 Å². The molecule has 0 spiro atoms. The van der Waals surface area contributed by atoms with Crippen LogP contribution in [-0.2, 0) is 6.42 Å². The first-order chi connectivity index (χ1) is 10.2. The van der Waals surface area contributed by atoms with Crippen LogP contribution in [0.2, 0.25) is 0 Å². The molecule has 0 aliphatic carbocycles. The molecule has 3 aromatic rings. The number of benzene rings is 1. The molecule has 0 saturated heterocycles. The quantitative estimate of drug-likeness (QED) is 0.786. The van der Waals surface area contributed by atoms with Crippen LogP contribution < -0.4 is 5.73 Å². The van der Waals surface area contributed by atoms with Crippen LogP contribution >= 0.6 is 15.9 Å². The third kappa shape index (κ3) is 3.34. The van der Waals surface area contributed by atoms with E-state index in [9.17, 15) is 0 Å². The van der Waals surface area contributed by atoms with Crippen LogP contribution in [0.4, 0.5) is 0 Å². The van der Waals surface area contributed by atoms with Crippen molar-refractivity contribution in [2.24, 2.45) is 5.73 Å². The van der Waals surface area contributed by atoms with Gasteiger partial charge in [-0.3, -0.25) is 4.98 Å². The molecule has 0 saturated carbocycles. The minimum atomic E-state index is -0.325. The molecule has 2 aromatic heterocycles. The third-order valence-corrected chi connectivity index (χ3v) is 3.45. The number of hydrogen-bond acceptors (Lipinski definition) is 5. The Hall–Kier alpha value is -2.05. The van der Waals surface area contributed by atoms with Crippen molar-refractivity contribution in [2.75, 3.05) is 0 Å². The number of nitrogens with two attached hydrogens (primary N) is 1. The molecular formula is C15H13BrN4O. The summed E-state index contributed by atoms with van der Waals surface area (Å²) in [5, 5.41) is 3.96. The van der Waals surface area contributed by atoms with E-state index >= 15 is 0 Å². The number of nitrogens with zero attached hydrogens (tertiary/aromatic N) is 3. The predicted molar refractivity (Wildman–Crippen MR) is 82.3 cm³/mol. The largest absolute Gasteiger partial charge is 0.337 e. The summed E-state index contributed by atoms with van der Waals surface area (Å²) >= 11 is 3.37. The normalized spacial score (nSPS) is 12.3. The monoisotopic (exact) mass is 344 g/mol. The first-order valence-electron chi connectivity index (χ1n) is 6.46. The predicted octanol–water partition coefficient (Wildman–Crippen LogP) is 3.14. The Labute approximate surface area is 130 Å². The molecular weight excluding hydrogens is 332 g/mol. The molecule has 0 aliphatic rings. The Balaban J connectivity index is 1.78. The van der Waals surface area contributed by atoms with Crippen molar-refractivity contribution >= 4 is 15.9 Å². The van der Waals surface area contributed by atoms with Crippen molar-refractivity contribution in [1.82, 2.24) is 15.1 Å². The number of hydrogen-bond donors (Lipinski definition) is 1. The van der Waals surface area contributed by atoms with E-state index in [0.29, 0.717) is 18.1 Å². The van der Waals surface area contributed by atoms with Crippen molar-refractivity contribution in [3.8, 4) is 11.4 Å². The van der Waals surface area contributed by atoms with Crippen LogP contribution in [0, 0.1) is 0 Å². The van der Waals surface area contributed by atoms with Gasteiger partial charge in [0, 0.05) is 22.4 Å². The highest BCUT2D eigenvalue weighted by Crippen LogP contribution is 2.21. The Kier molecular flexibility index (Phi) is 4.08. The molecule has 1 aromatic carbocycles. The first-order valence-corrected chi connectivity index (χ1v) is 7.26. The van der Waals surface area contributed by atoms with Gasteiger partial charge in [0.05, 0.1) is 6.04 Å². The second-order valence-corrected chi connectivity index (χ2v) is 5.56. The molecule has 0 amide bonds.